The van der Waals surface area contributed by atoms with Gasteiger partial charge in [0.05, 0.1) is 0 Å². The van der Waals surface area contributed by atoms with Crippen molar-refractivity contribution in [3.8, 4) is 11.1 Å². The van der Waals surface area contributed by atoms with Crippen LogP contribution in [0.2, 0.25) is 0 Å². The van der Waals surface area contributed by atoms with Crippen molar-refractivity contribution in [1.29, 1.82) is 0 Å². The number of anilines is 1. The van der Waals surface area contributed by atoms with E-state index in [4.69, 9.17) is 0 Å². The van der Waals surface area contributed by atoms with Gasteiger partial charge in [0, 0.05) is 12.7 Å². The predicted octanol–water partition coefficient (Wildman–Crippen LogP) is 4.32. The molecule has 0 saturated carbocycles. The zero-order valence-electron chi connectivity index (χ0n) is 11.0. The average Bonchev–Trinajstić information content (AvgIpc) is 2.33. The summed E-state index contributed by atoms with van der Waals surface area (Å²) in [4.78, 5) is 0. The first-order valence-corrected chi connectivity index (χ1v) is 5.99. The highest BCUT2D eigenvalue weighted by atomic mass is 14.8. The smallest absolute Gasteiger partial charge is 0.0373 e. The molecule has 17 heavy (non-hydrogen) atoms. The standard InChI is InChI=1S/C16H19N/c1-11-7-5-8-14(12(11)2)15-9-6-10-16(17-4)13(15)3/h5-10,17H,1-4H3. The molecule has 0 aliphatic heterocycles. The van der Waals surface area contributed by atoms with Crippen LogP contribution in [0.25, 0.3) is 11.1 Å². The van der Waals surface area contributed by atoms with E-state index in [-0.39, 0.29) is 0 Å². The fraction of sp³-hybridized carbons (Fsp3) is 0.250. The molecule has 0 heterocycles. The second-order valence-electron chi connectivity index (χ2n) is 4.48. The van der Waals surface area contributed by atoms with E-state index in [0.717, 1.165) is 0 Å². The van der Waals surface area contributed by atoms with Crippen LogP contribution in [0.5, 0.6) is 0 Å². The lowest BCUT2D eigenvalue weighted by Crippen LogP contribution is -1.95. The summed E-state index contributed by atoms with van der Waals surface area (Å²) in [6, 6.07) is 12.9. The Hall–Kier alpha value is -1.76. The molecule has 0 unspecified atom stereocenters. The van der Waals surface area contributed by atoms with Crippen molar-refractivity contribution in [3.63, 3.8) is 0 Å². The average molecular weight is 225 g/mol. The van der Waals surface area contributed by atoms with E-state index >= 15 is 0 Å². The third-order valence-electron chi connectivity index (χ3n) is 3.50. The Labute approximate surface area is 103 Å². The van der Waals surface area contributed by atoms with Gasteiger partial charge in [0.2, 0.25) is 0 Å². The van der Waals surface area contributed by atoms with Crippen LogP contribution in [0.3, 0.4) is 0 Å². The third-order valence-corrected chi connectivity index (χ3v) is 3.50. The van der Waals surface area contributed by atoms with Gasteiger partial charge in [0.1, 0.15) is 0 Å². The summed E-state index contributed by atoms with van der Waals surface area (Å²) in [6.07, 6.45) is 0. The van der Waals surface area contributed by atoms with Crippen LogP contribution in [0.1, 0.15) is 16.7 Å². The summed E-state index contributed by atoms with van der Waals surface area (Å²) in [6.45, 7) is 6.52. The Morgan fingerprint density at radius 3 is 2.00 bits per heavy atom. The molecule has 0 atom stereocenters. The van der Waals surface area contributed by atoms with Gasteiger partial charge in [0.15, 0.2) is 0 Å². The molecule has 1 nitrogen and oxygen atoms in total. The van der Waals surface area contributed by atoms with Crippen molar-refractivity contribution in [3.05, 3.63) is 53.1 Å². The lowest BCUT2D eigenvalue weighted by molar-refractivity contribution is 1.32. The fourth-order valence-electron chi connectivity index (χ4n) is 2.24. The maximum atomic E-state index is 3.24. The number of nitrogens with one attached hydrogen (secondary N) is 1. The van der Waals surface area contributed by atoms with E-state index in [0.29, 0.717) is 0 Å². The van der Waals surface area contributed by atoms with Crippen molar-refractivity contribution in [2.75, 3.05) is 12.4 Å². The second kappa shape index (κ2) is 4.62. The summed E-state index contributed by atoms with van der Waals surface area (Å²) < 4.78 is 0. The van der Waals surface area contributed by atoms with Crippen LogP contribution in [0.15, 0.2) is 36.4 Å². The molecular weight excluding hydrogens is 206 g/mol. The largest absolute Gasteiger partial charge is 0.388 e. The molecule has 0 aromatic heterocycles. The van der Waals surface area contributed by atoms with E-state index in [9.17, 15) is 0 Å². The zero-order chi connectivity index (χ0) is 12.4. The van der Waals surface area contributed by atoms with Gasteiger partial charge in [-0.1, -0.05) is 30.3 Å². The summed E-state index contributed by atoms with van der Waals surface area (Å²) in [7, 11) is 1.97. The topological polar surface area (TPSA) is 12.0 Å². The third kappa shape index (κ3) is 2.05. The Bertz CT molecular complexity index is 541. The molecule has 0 amide bonds. The molecule has 2 rings (SSSR count). The van der Waals surface area contributed by atoms with E-state index in [1.807, 2.05) is 7.05 Å². The summed E-state index contributed by atoms with van der Waals surface area (Å²) in [5.41, 5.74) is 7.87. The number of aryl methyl sites for hydroxylation is 1. The quantitative estimate of drug-likeness (QED) is 0.802. The van der Waals surface area contributed by atoms with Gasteiger partial charge >= 0.3 is 0 Å². The molecule has 0 fully saturated rings. The summed E-state index contributed by atoms with van der Waals surface area (Å²) in [5, 5.41) is 3.24. The van der Waals surface area contributed by atoms with Crippen LogP contribution in [-0.2, 0) is 0 Å². The van der Waals surface area contributed by atoms with E-state index in [2.05, 4.69) is 62.5 Å². The van der Waals surface area contributed by atoms with Gasteiger partial charge in [-0.25, -0.2) is 0 Å². The Kier molecular flexibility index (Phi) is 3.19. The van der Waals surface area contributed by atoms with E-state index in [1.54, 1.807) is 0 Å². The predicted molar refractivity (Wildman–Crippen MR) is 75.6 cm³/mol. The van der Waals surface area contributed by atoms with Gasteiger partial charge in [-0.05, 0) is 54.7 Å². The van der Waals surface area contributed by atoms with Crippen LogP contribution in [-0.4, -0.2) is 7.05 Å². The first kappa shape index (κ1) is 11.7. The van der Waals surface area contributed by atoms with Crippen LogP contribution in [0.4, 0.5) is 5.69 Å². The van der Waals surface area contributed by atoms with Gasteiger partial charge < -0.3 is 5.32 Å². The molecule has 0 radical (unpaired) electrons. The van der Waals surface area contributed by atoms with E-state index in [1.165, 1.54) is 33.5 Å². The Balaban J connectivity index is 2.65. The Morgan fingerprint density at radius 1 is 0.765 bits per heavy atom. The SMILES string of the molecule is CNc1cccc(-c2cccc(C)c2C)c1C. The molecule has 0 aliphatic rings. The van der Waals surface area contributed by atoms with Gasteiger partial charge in [-0.2, -0.15) is 0 Å². The molecule has 0 spiro atoms. The summed E-state index contributed by atoms with van der Waals surface area (Å²) >= 11 is 0. The molecule has 1 heteroatoms. The van der Waals surface area contributed by atoms with Crippen LogP contribution < -0.4 is 5.32 Å². The monoisotopic (exact) mass is 225 g/mol. The number of benzene rings is 2. The highest BCUT2D eigenvalue weighted by Crippen LogP contribution is 2.31. The van der Waals surface area contributed by atoms with Gasteiger partial charge in [-0.3, -0.25) is 0 Å². The molecule has 0 saturated heterocycles. The highest BCUT2D eigenvalue weighted by molar-refractivity contribution is 5.76. The zero-order valence-corrected chi connectivity index (χ0v) is 11.0. The maximum absolute atomic E-state index is 3.24. The first-order valence-electron chi connectivity index (χ1n) is 5.99. The second-order valence-corrected chi connectivity index (χ2v) is 4.48. The van der Waals surface area contributed by atoms with Crippen molar-refractivity contribution in [1.82, 2.24) is 0 Å². The fourth-order valence-corrected chi connectivity index (χ4v) is 2.24. The minimum Gasteiger partial charge on any atom is -0.388 e. The van der Waals surface area contributed by atoms with Crippen LogP contribution in [0, 0.1) is 20.8 Å². The highest BCUT2D eigenvalue weighted by Gasteiger charge is 2.08. The normalized spacial score (nSPS) is 10.4. The number of rotatable bonds is 2. The van der Waals surface area contributed by atoms with Crippen molar-refractivity contribution in [2.24, 2.45) is 0 Å². The number of hydrogen-bond donors (Lipinski definition) is 1. The van der Waals surface area contributed by atoms with Gasteiger partial charge in [-0.15, -0.1) is 0 Å². The molecule has 0 bridgehead atoms. The molecule has 2 aromatic rings. The minimum absolute atomic E-state index is 1.20. The van der Waals surface area contributed by atoms with Crippen molar-refractivity contribution >= 4 is 5.69 Å². The van der Waals surface area contributed by atoms with Crippen molar-refractivity contribution < 1.29 is 0 Å². The van der Waals surface area contributed by atoms with E-state index < -0.39 is 0 Å². The minimum atomic E-state index is 1.20. The summed E-state index contributed by atoms with van der Waals surface area (Å²) in [5.74, 6) is 0. The van der Waals surface area contributed by atoms with Gasteiger partial charge in [0.25, 0.3) is 0 Å². The molecular formula is C16H19N. The molecule has 2 aromatic carbocycles. The van der Waals surface area contributed by atoms with Crippen LogP contribution >= 0.6 is 0 Å². The number of hydrogen-bond acceptors (Lipinski definition) is 1. The Morgan fingerprint density at radius 2 is 1.35 bits per heavy atom. The first-order chi connectivity index (χ1) is 8.15. The van der Waals surface area contributed by atoms with Crippen molar-refractivity contribution in [2.45, 2.75) is 20.8 Å². The molecule has 0 aliphatic carbocycles. The molecule has 1 N–H and O–H groups in total. The lowest BCUT2D eigenvalue weighted by Gasteiger charge is -2.14. The maximum Gasteiger partial charge on any atom is 0.0373 e. The lowest BCUT2D eigenvalue weighted by atomic mass is 9.93. The molecule has 88 valence electrons.